The lowest BCUT2D eigenvalue weighted by molar-refractivity contribution is 0.0974. The van der Waals surface area contributed by atoms with Gasteiger partial charge in [-0.2, -0.15) is 0 Å². The molecule has 6 heteroatoms. The molecule has 0 radical (unpaired) electrons. The lowest BCUT2D eigenvalue weighted by Gasteiger charge is -2.38. The van der Waals surface area contributed by atoms with Gasteiger partial charge in [0, 0.05) is 22.0 Å². The van der Waals surface area contributed by atoms with Gasteiger partial charge in [0.05, 0.1) is 5.56 Å². The van der Waals surface area contributed by atoms with Crippen LogP contribution in [-0.2, 0) is 0 Å². The number of amides is 1. The number of halogens is 1. The molecule has 1 aliphatic heterocycles. The Morgan fingerprint density at radius 3 is 2.42 bits per heavy atom. The number of hydrogen-bond acceptors (Lipinski definition) is 4. The van der Waals surface area contributed by atoms with Crippen molar-refractivity contribution in [1.29, 1.82) is 0 Å². The molecule has 26 heavy (non-hydrogen) atoms. The van der Waals surface area contributed by atoms with Crippen LogP contribution < -0.4 is 10.2 Å². The largest absolute Gasteiger partial charge is 0.504 e. The average Bonchev–Trinajstić information content (AvgIpc) is 2.65. The predicted octanol–water partition coefficient (Wildman–Crippen LogP) is 4.52. The third-order valence-electron chi connectivity index (χ3n) is 4.37. The first-order valence-electron chi connectivity index (χ1n) is 8.02. The fourth-order valence-electron chi connectivity index (χ4n) is 3.11. The first-order chi connectivity index (χ1) is 12.6. The maximum absolute atomic E-state index is 13.2. The zero-order chi connectivity index (χ0) is 18.3. The number of phenols is 2. The second kappa shape index (κ2) is 6.28. The molecular weight excluding hydrogens is 352 g/mol. The number of carbonyl (C=O) groups is 1. The summed E-state index contributed by atoms with van der Waals surface area (Å²) in [5, 5.41) is 24.1. The van der Waals surface area contributed by atoms with E-state index >= 15 is 0 Å². The molecule has 5 nitrogen and oxygen atoms in total. The molecule has 1 heterocycles. The molecule has 1 aliphatic rings. The molecule has 4 rings (SSSR count). The predicted molar refractivity (Wildman–Crippen MR) is 101 cm³/mol. The molecule has 3 aromatic carbocycles. The summed E-state index contributed by atoms with van der Waals surface area (Å²) in [5.74, 6) is -0.725. The van der Waals surface area contributed by atoms with E-state index in [0.717, 1.165) is 0 Å². The van der Waals surface area contributed by atoms with Gasteiger partial charge in [0.25, 0.3) is 5.91 Å². The SMILES string of the molecule is O=C1c2ccccc2NC(c2cccc(O)c2O)N1c1ccc(Cl)cc1. The third-order valence-corrected chi connectivity index (χ3v) is 4.62. The van der Waals surface area contributed by atoms with Crippen molar-refractivity contribution >= 4 is 28.9 Å². The standard InChI is InChI=1S/C20H15ClN2O3/c21-12-8-10-13(11-9-12)23-19(15-5-3-7-17(24)18(15)25)22-16-6-2-1-4-14(16)20(23)26/h1-11,19,22,24-25H. The van der Waals surface area contributed by atoms with Crippen molar-refractivity contribution < 1.29 is 15.0 Å². The first kappa shape index (κ1) is 16.3. The van der Waals surface area contributed by atoms with Crippen LogP contribution in [0.2, 0.25) is 5.02 Å². The number of para-hydroxylation sites is 2. The highest BCUT2D eigenvalue weighted by Crippen LogP contribution is 2.41. The van der Waals surface area contributed by atoms with E-state index in [9.17, 15) is 15.0 Å². The molecule has 130 valence electrons. The summed E-state index contributed by atoms with van der Waals surface area (Å²) in [4.78, 5) is 14.7. The summed E-state index contributed by atoms with van der Waals surface area (Å²) in [5.41, 5.74) is 2.20. The molecule has 0 saturated heterocycles. The van der Waals surface area contributed by atoms with E-state index < -0.39 is 6.17 Å². The second-order valence-corrected chi connectivity index (χ2v) is 6.40. The van der Waals surface area contributed by atoms with Crippen LogP contribution in [-0.4, -0.2) is 16.1 Å². The van der Waals surface area contributed by atoms with E-state index in [2.05, 4.69) is 5.32 Å². The van der Waals surface area contributed by atoms with Gasteiger partial charge < -0.3 is 15.5 Å². The monoisotopic (exact) mass is 366 g/mol. The van der Waals surface area contributed by atoms with Crippen LogP contribution >= 0.6 is 11.6 Å². The molecule has 0 aromatic heterocycles. The zero-order valence-corrected chi connectivity index (χ0v) is 14.3. The van der Waals surface area contributed by atoms with E-state index in [-0.39, 0.29) is 17.4 Å². The lowest BCUT2D eigenvalue weighted by atomic mass is 10.0. The van der Waals surface area contributed by atoms with Crippen LogP contribution in [0, 0.1) is 0 Å². The third kappa shape index (κ3) is 2.62. The van der Waals surface area contributed by atoms with E-state index in [4.69, 9.17) is 11.6 Å². The highest BCUT2D eigenvalue weighted by molar-refractivity contribution is 6.30. The number of rotatable bonds is 2. The minimum Gasteiger partial charge on any atom is -0.504 e. The summed E-state index contributed by atoms with van der Waals surface area (Å²) in [6.45, 7) is 0. The van der Waals surface area contributed by atoms with Gasteiger partial charge in [0.15, 0.2) is 11.5 Å². The summed E-state index contributed by atoms with van der Waals surface area (Å²) >= 11 is 5.98. The quantitative estimate of drug-likeness (QED) is 0.583. The average molecular weight is 367 g/mol. The van der Waals surface area contributed by atoms with Crippen molar-refractivity contribution in [3.8, 4) is 11.5 Å². The van der Waals surface area contributed by atoms with Gasteiger partial charge in [-0.15, -0.1) is 0 Å². The Kier molecular flexibility index (Phi) is 3.93. The van der Waals surface area contributed by atoms with Gasteiger partial charge in [-0.25, -0.2) is 0 Å². The van der Waals surface area contributed by atoms with E-state index in [1.165, 1.54) is 11.0 Å². The zero-order valence-electron chi connectivity index (χ0n) is 13.6. The number of carbonyl (C=O) groups excluding carboxylic acids is 1. The highest BCUT2D eigenvalue weighted by Gasteiger charge is 2.35. The minimum atomic E-state index is -0.689. The van der Waals surface area contributed by atoms with Crippen LogP contribution in [0.4, 0.5) is 11.4 Å². The molecule has 3 aromatic rings. The van der Waals surface area contributed by atoms with Gasteiger partial charge in [-0.05, 0) is 42.5 Å². The normalized spacial score (nSPS) is 16.1. The molecule has 0 bridgehead atoms. The number of nitrogens with one attached hydrogen (secondary N) is 1. The number of phenolic OH excluding ortho intramolecular Hbond substituents is 2. The molecule has 0 fully saturated rings. The van der Waals surface area contributed by atoms with Crippen molar-refractivity contribution in [2.24, 2.45) is 0 Å². The van der Waals surface area contributed by atoms with Crippen molar-refractivity contribution in [2.45, 2.75) is 6.17 Å². The van der Waals surface area contributed by atoms with E-state index in [0.29, 0.717) is 27.5 Å². The molecule has 0 saturated carbocycles. The van der Waals surface area contributed by atoms with Crippen LogP contribution in [0.25, 0.3) is 0 Å². The Morgan fingerprint density at radius 2 is 1.65 bits per heavy atom. The molecule has 0 aliphatic carbocycles. The van der Waals surface area contributed by atoms with E-state index in [1.54, 1.807) is 54.6 Å². The maximum atomic E-state index is 13.2. The number of nitrogens with zero attached hydrogens (tertiary/aromatic N) is 1. The molecule has 1 unspecified atom stereocenters. The van der Waals surface area contributed by atoms with Crippen molar-refractivity contribution in [2.75, 3.05) is 10.2 Å². The summed E-state index contributed by atoms with van der Waals surface area (Å²) in [6.07, 6.45) is -0.689. The fraction of sp³-hybridized carbons (Fsp3) is 0.0500. The summed E-state index contributed by atoms with van der Waals surface area (Å²) in [7, 11) is 0. The van der Waals surface area contributed by atoms with Crippen LogP contribution in [0.3, 0.4) is 0 Å². The molecule has 1 amide bonds. The van der Waals surface area contributed by atoms with Crippen LogP contribution in [0.1, 0.15) is 22.1 Å². The molecule has 3 N–H and O–H groups in total. The first-order valence-corrected chi connectivity index (χ1v) is 8.39. The number of aromatic hydroxyl groups is 2. The Balaban J connectivity index is 1.90. The maximum Gasteiger partial charge on any atom is 0.262 e. The van der Waals surface area contributed by atoms with Crippen LogP contribution in [0.15, 0.2) is 66.7 Å². The highest BCUT2D eigenvalue weighted by atomic mass is 35.5. The molecule has 0 spiro atoms. The molecular formula is C20H15ClN2O3. The van der Waals surface area contributed by atoms with Crippen molar-refractivity contribution in [3.63, 3.8) is 0 Å². The fourth-order valence-corrected chi connectivity index (χ4v) is 3.23. The van der Waals surface area contributed by atoms with E-state index in [1.807, 2.05) is 6.07 Å². The topological polar surface area (TPSA) is 72.8 Å². The Morgan fingerprint density at radius 1 is 0.923 bits per heavy atom. The van der Waals surface area contributed by atoms with Gasteiger partial charge in [0.2, 0.25) is 0 Å². The minimum absolute atomic E-state index is 0.214. The smallest absolute Gasteiger partial charge is 0.262 e. The van der Waals surface area contributed by atoms with Crippen LogP contribution in [0.5, 0.6) is 11.5 Å². The second-order valence-electron chi connectivity index (χ2n) is 5.96. The Hall–Kier alpha value is -3.18. The number of hydrogen-bond donors (Lipinski definition) is 3. The number of fused-ring (bicyclic) bond motifs is 1. The van der Waals surface area contributed by atoms with Gasteiger partial charge >= 0.3 is 0 Å². The molecule has 1 atom stereocenters. The van der Waals surface area contributed by atoms with Crippen molar-refractivity contribution in [3.05, 3.63) is 82.9 Å². The lowest BCUT2D eigenvalue weighted by Crippen LogP contribution is -2.43. The Bertz CT molecular complexity index is 989. The van der Waals surface area contributed by atoms with Crippen molar-refractivity contribution in [1.82, 2.24) is 0 Å². The number of anilines is 2. The van der Waals surface area contributed by atoms with Gasteiger partial charge in [-0.1, -0.05) is 35.9 Å². The summed E-state index contributed by atoms with van der Waals surface area (Å²) in [6, 6.07) is 18.7. The van der Waals surface area contributed by atoms with Gasteiger partial charge in [-0.3, -0.25) is 9.69 Å². The summed E-state index contributed by atoms with van der Waals surface area (Å²) < 4.78 is 0. The Labute approximate surface area is 155 Å². The van der Waals surface area contributed by atoms with Gasteiger partial charge in [0.1, 0.15) is 6.17 Å². The number of benzene rings is 3.